The molecule has 1 atom stereocenters. The maximum Gasteiger partial charge on any atom is 0.305 e. The van der Waals surface area contributed by atoms with Crippen LogP contribution in [0.2, 0.25) is 0 Å². The van der Waals surface area contributed by atoms with Crippen LogP contribution in [-0.4, -0.2) is 21.9 Å². The van der Waals surface area contributed by atoms with Gasteiger partial charge in [-0.15, -0.1) is 0 Å². The number of benzene rings is 1. The van der Waals surface area contributed by atoms with E-state index in [-0.39, 0.29) is 23.4 Å². The SMILES string of the molecule is O=C(O)C[C@H](NC(=O)C12CC3CC(CC(C3)C1)C2)c1cccc([N+](=O)[O-])c1. The van der Waals surface area contributed by atoms with Crippen LogP contribution in [0.25, 0.3) is 0 Å². The molecule has 1 aromatic carbocycles. The van der Waals surface area contributed by atoms with E-state index in [1.807, 2.05) is 0 Å². The zero-order valence-electron chi connectivity index (χ0n) is 15.1. The molecule has 7 heteroatoms. The molecule has 0 heterocycles. The van der Waals surface area contributed by atoms with E-state index >= 15 is 0 Å². The Morgan fingerprint density at radius 2 is 1.78 bits per heavy atom. The minimum Gasteiger partial charge on any atom is -0.481 e. The van der Waals surface area contributed by atoms with Gasteiger partial charge in [-0.3, -0.25) is 19.7 Å². The number of nitro groups is 1. The zero-order chi connectivity index (χ0) is 19.2. The van der Waals surface area contributed by atoms with Gasteiger partial charge in [0.05, 0.1) is 17.4 Å². The predicted octanol–water partition coefficient (Wildman–Crippen LogP) is 3.44. The molecule has 4 saturated carbocycles. The summed E-state index contributed by atoms with van der Waals surface area (Å²) in [5.41, 5.74) is -0.0247. The Morgan fingerprint density at radius 1 is 1.19 bits per heavy atom. The number of hydrogen-bond acceptors (Lipinski definition) is 4. The molecule has 144 valence electrons. The summed E-state index contributed by atoms with van der Waals surface area (Å²) in [5.74, 6) is 0.713. The first kappa shape index (κ1) is 17.9. The normalized spacial score (nSPS) is 32.1. The van der Waals surface area contributed by atoms with Crippen molar-refractivity contribution in [3.05, 3.63) is 39.9 Å². The van der Waals surface area contributed by atoms with Gasteiger partial charge in [0.15, 0.2) is 0 Å². The van der Waals surface area contributed by atoms with Gasteiger partial charge in [-0.25, -0.2) is 0 Å². The number of nitrogens with zero attached hydrogens (tertiary/aromatic N) is 1. The van der Waals surface area contributed by atoms with Crippen molar-refractivity contribution >= 4 is 17.6 Å². The predicted molar refractivity (Wildman–Crippen MR) is 96.8 cm³/mol. The molecule has 7 nitrogen and oxygen atoms in total. The molecule has 2 N–H and O–H groups in total. The number of carboxylic acid groups (broad SMARTS) is 1. The Kier molecular flexibility index (Phi) is 4.40. The summed E-state index contributed by atoms with van der Waals surface area (Å²) in [5, 5.41) is 23.3. The van der Waals surface area contributed by atoms with Crippen molar-refractivity contribution in [2.45, 2.75) is 51.0 Å². The Bertz CT molecular complexity index is 755. The van der Waals surface area contributed by atoms with Crippen molar-refractivity contribution < 1.29 is 19.6 Å². The van der Waals surface area contributed by atoms with Crippen LogP contribution in [0.5, 0.6) is 0 Å². The van der Waals surface area contributed by atoms with Crippen LogP contribution in [0.3, 0.4) is 0 Å². The summed E-state index contributed by atoms with van der Waals surface area (Å²) in [6.45, 7) is 0. The molecule has 0 radical (unpaired) electrons. The van der Waals surface area contributed by atoms with Crippen LogP contribution in [0, 0.1) is 33.3 Å². The largest absolute Gasteiger partial charge is 0.481 e. The maximum atomic E-state index is 13.2. The van der Waals surface area contributed by atoms with Crippen molar-refractivity contribution in [3.8, 4) is 0 Å². The smallest absolute Gasteiger partial charge is 0.305 e. The average molecular weight is 372 g/mol. The molecule has 4 fully saturated rings. The molecule has 1 aromatic rings. The van der Waals surface area contributed by atoms with Crippen LogP contribution in [0.1, 0.15) is 56.6 Å². The second kappa shape index (κ2) is 6.62. The number of hydrogen-bond donors (Lipinski definition) is 2. The number of non-ortho nitro benzene ring substituents is 1. The van der Waals surface area contributed by atoms with Gasteiger partial charge in [0, 0.05) is 17.5 Å². The standard InChI is InChI=1S/C20H24N2O5/c23-18(24)8-17(15-2-1-3-16(7-15)22(26)27)21-19(25)20-9-12-4-13(10-20)6-14(5-12)11-20/h1-3,7,12-14,17H,4-6,8-11H2,(H,21,25)(H,23,24)/t12?,13?,14?,17-,20?/m0/s1. The molecule has 27 heavy (non-hydrogen) atoms. The minimum atomic E-state index is -1.04. The third-order valence-corrected chi connectivity index (χ3v) is 6.69. The second-order valence-electron chi connectivity index (χ2n) is 8.67. The summed E-state index contributed by atoms with van der Waals surface area (Å²) < 4.78 is 0. The van der Waals surface area contributed by atoms with E-state index in [0.29, 0.717) is 23.3 Å². The lowest BCUT2D eigenvalue weighted by Crippen LogP contribution is -2.54. The maximum absolute atomic E-state index is 13.2. The fraction of sp³-hybridized carbons (Fsp3) is 0.600. The van der Waals surface area contributed by atoms with E-state index in [4.69, 9.17) is 0 Å². The van der Waals surface area contributed by atoms with Crippen molar-refractivity contribution in [3.63, 3.8) is 0 Å². The molecular weight excluding hydrogens is 348 g/mol. The number of aliphatic carboxylic acids is 1. The molecule has 0 unspecified atom stereocenters. The second-order valence-corrected chi connectivity index (χ2v) is 8.67. The van der Waals surface area contributed by atoms with Gasteiger partial charge in [-0.2, -0.15) is 0 Å². The highest BCUT2D eigenvalue weighted by Gasteiger charge is 2.54. The van der Waals surface area contributed by atoms with Gasteiger partial charge in [0.25, 0.3) is 5.69 Å². The van der Waals surface area contributed by atoms with Crippen LogP contribution >= 0.6 is 0 Å². The van der Waals surface area contributed by atoms with Crippen molar-refractivity contribution in [1.29, 1.82) is 0 Å². The first-order valence-electron chi connectivity index (χ1n) is 9.62. The minimum absolute atomic E-state index is 0.0700. The lowest BCUT2D eigenvalue weighted by atomic mass is 9.49. The van der Waals surface area contributed by atoms with E-state index in [2.05, 4.69) is 5.32 Å². The Balaban J connectivity index is 1.57. The van der Waals surface area contributed by atoms with Gasteiger partial charge in [-0.05, 0) is 61.8 Å². The fourth-order valence-electron chi connectivity index (χ4n) is 5.98. The molecule has 4 aliphatic carbocycles. The summed E-state index contributed by atoms with van der Waals surface area (Å²) in [7, 11) is 0. The van der Waals surface area contributed by atoms with Crippen LogP contribution in [0.4, 0.5) is 5.69 Å². The number of nitro benzene ring substituents is 1. The molecule has 0 aliphatic heterocycles. The average Bonchev–Trinajstić information content (AvgIpc) is 2.59. The zero-order valence-corrected chi connectivity index (χ0v) is 15.1. The Hall–Kier alpha value is -2.44. The molecule has 4 aliphatic rings. The highest BCUT2D eigenvalue weighted by molar-refractivity contribution is 5.84. The Morgan fingerprint density at radius 3 is 2.30 bits per heavy atom. The quantitative estimate of drug-likeness (QED) is 0.587. The third-order valence-electron chi connectivity index (χ3n) is 6.69. The topological polar surface area (TPSA) is 110 Å². The monoisotopic (exact) mass is 372 g/mol. The van der Waals surface area contributed by atoms with Crippen molar-refractivity contribution in [2.24, 2.45) is 23.2 Å². The van der Waals surface area contributed by atoms with Gasteiger partial charge in [0.2, 0.25) is 5.91 Å². The van der Waals surface area contributed by atoms with Gasteiger partial charge >= 0.3 is 5.97 Å². The number of carbonyl (C=O) groups excluding carboxylic acids is 1. The number of rotatable bonds is 6. The van der Waals surface area contributed by atoms with Crippen LogP contribution < -0.4 is 5.32 Å². The molecule has 4 bridgehead atoms. The Labute approximate surface area is 157 Å². The first-order valence-corrected chi connectivity index (χ1v) is 9.62. The van der Waals surface area contributed by atoms with E-state index in [1.54, 1.807) is 6.07 Å². The van der Waals surface area contributed by atoms with Crippen LogP contribution in [0.15, 0.2) is 24.3 Å². The number of nitrogens with one attached hydrogen (secondary N) is 1. The number of carbonyl (C=O) groups is 2. The summed E-state index contributed by atoms with van der Waals surface area (Å²) in [6.07, 6.45) is 6.03. The summed E-state index contributed by atoms with van der Waals surface area (Å²) in [6, 6.07) is 5.12. The van der Waals surface area contributed by atoms with Crippen LogP contribution in [-0.2, 0) is 9.59 Å². The fourth-order valence-corrected chi connectivity index (χ4v) is 5.98. The first-order chi connectivity index (χ1) is 12.8. The van der Waals surface area contributed by atoms with Gasteiger partial charge in [0.1, 0.15) is 0 Å². The van der Waals surface area contributed by atoms with E-state index in [0.717, 1.165) is 19.3 Å². The highest BCUT2D eigenvalue weighted by atomic mass is 16.6. The van der Waals surface area contributed by atoms with Gasteiger partial charge < -0.3 is 10.4 Å². The van der Waals surface area contributed by atoms with E-state index < -0.39 is 16.9 Å². The lowest BCUT2D eigenvalue weighted by molar-refractivity contribution is -0.384. The summed E-state index contributed by atoms with van der Waals surface area (Å²) in [4.78, 5) is 35.1. The van der Waals surface area contributed by atoms with Gasteiger partial charge in [-0.1, -0.05) is 12.1 Å². The molecule has 1 amide bonds. The lowest BCUT2D eigenvalue weighted by Gasteiger charge is -2.55. The van der Waals surface area contributed by atoms with E-state index in [1.165, 1.54) is 37.5 Å². The molecule has 5 rings (SSSR count). The van der Waals surface area contributed by atoms with Crippen molar-refractivity contribution in [2.75, 3.05) is 0 Å². The van der Waals surface area contributed by atoms with E-state index in [9.17, 15) is 24.8 Å². The molecule has 0 spiro atoms. The summed E-state index contributed by atoms with van der Waals surface area (Å²) >= 11 is 0. The number of amides is 1. The molecular formula is C20H24N2O5. The van der Waals surface area contributed by atoms with Crippen molar-refractivity contribution in [1.82, 2.24) is 5.32 Å². The third kappa shape index (κ3) is 3.42. The highest BCUT2D eigenvalue weighted by Crippen LogP contribution is 2.60. The number of carboxylic acids is 1. The molecule has 0 saturated heterocycles. The molecule has 0 aromatic heterocycles.